The van der Waals surface area contributed by atoms with Crippen LogP contribution in [0.25, 0.3) is 22.2 Å². The van der Waals surface area contributed by atoms with Gasteiger partial charge in [-0.2, -0.15) is 0 Å². The van der Waals surface area contributed by atoms with Crippen LogP contribution in [-0.2, 0) is 0 Å². The van der Waals surface area contributed by atoms with E-state index in [0.29, 0.717) is 11.3 Å². The highest BCUT2D eigenvalue weighted by Gasteiger charge is 2.23. The lowest BCUT2D eigenvalue weighted by molar-refractivity contribution is 0.0699. The van der Waals surface area contributed by atoms with E-state index in [1.54, 1.807) is 11.4 Å². The summed E-state index contributed by atoms with van der Waals surface area (Å²) in [5.41, 5.74) is 3.47. The molecule has 3 aromatic heterocycles. The van der Waals surface area contributed by atoms with Crippen LogP contribution in [0.3, 0.4) is 0 Å². The average molecular weight is 471 g/mol. The summed E-state index contributed by atoms with van der Waals surface area (Å²) in [6.45, 7) is 3.77. The van der Waals surface area contributed by atoms with Crippen LogP contribution in [0, 0.1) is 13.8 Å². The Labute approximate surface area is 178 Å². The summed E-state index contributed by atoms with van der Waals surface area (Å²) in [6, 6.07) is 10.8. The number of hydrogen-bond acceptors (Lipinski definition) is 5. The standard InChI is InChI=1S/C21H15BrN2O4S/c1-10-7-11(2)23-19-14(10)8-16(28-19)18(25)24-20-17(21(26)27)15(9-29-20)12-3-5-13(22)6-4-12/h3-9H,1-2H3,(H,24,25)(H,26,27). The fourth-order valence-electron chi connectivity index (χ4n) is 3.11. The number of nitrogens with one attached hydrogen (secondary N) is 1. The minimum Gasteiger partial charge on any atom is -0.478 e. The van der Waals surface area contributed by atoms with E-state index in [-0.39, 0.29) is 16.3 Å². The largest absolute Gasteiger partial charge is 0.478 e. The number of benzene rings is 1. The molecule has 0 fully saturated rings. The normalized spacial score (nSPS) is 11.0. The van der Waals surface area contributed by atoms with Gasteiger partial charge in [0, 0.05) is 26.5 Å². The fourth-order valence-corrected chi connectivity index (χ4v) is 4.33. The first kappa shape index (κ1) is 19.4. The number of carboxylic acid groups (broad SMARTS) is 1. The van der Waals surface area contributed by atoms with Crippen LogP contribution < -0.4 is 5.32 Å². The van der Waals surface area contributed by atoms with Gasteiger partial charge in [-0.25, -0.2) is 9.78 Å². The number of carbonyl (C=O) groups excluding carboxylic acids is 1. The van der Waals surface area contributed by atoms with Crippen molar-refractivity contribution < 1.29 is 19.1 Å². The van der Waals surface area contributed by atoms with Gasteiger partial charge in [0.1, 0.15) is 10.6 Å². The van der Waals surface area contributed by atoms with Crippen LogP contribution >= 0.6 is 27.3 Å². The van der Waals surface area contributed by atoms with Crippen LogP contribution in [0.5, 0.6) is 0 Å². The van der Waals surface area contributed by atoms with Gasteiger partial charge in [-0.05, 0) is 49.2 Å². The molecule has 0 saturated heterocycles. The quantitative estimate of drug-likeness (QED) is 0.388. The molecule has 146 valence electrons. The maximum atomic E-state index is 12.7. The molecule has 1 aromatic carbocycles. The van der Waals surface area contributed by atoms with E-state index >= 15 is 0 Å². The molecule has 29 heavy (non-hydrogen) atoms. The lowest BCUT2D eigenvalue weighted by Gasteiger charge is -2.05. The summed E-state index contributed by atoms with van der Waals surface area (Å²) in [5, 5.41) is 15.1. The first-order valence-electron chi connectivity index (χ1n) is 8.63. The number of carbonyl (C=O) groups is 2. The maximum absolute atomic E-state index is 12.7. The SMILES string of the molecule is Cc1cc(C)c2cc(C(=O)Nc3scc(-c4ccc(Br)cc4)c3C(=O)O)oc2n1. The summed E-state index contributed by atoms with van der Waals surface area (Å²) < 4.78 is 6.49. The number of aryl methyl sites for hydroxylation is 2. The van der Waals surface area contributed by atoms with Crippen molar-refractivity contribution in [2.24, 2.45) is 0 Å². The van der Waals surface area contributed by atoms with E-state index in [4.69, 9.17) is 4.42 Å². The molecule has 0 atom stereocenters. The zero-order valence-corrected chi connectivity index (χ0v) is 17.8. The zero-order chi connectivity index (χ0) is 20.7. The van der Waals surface area contributed by atoms with Gasteiger partial charge in [0.25, 0.3) is 5.91 Å². The van der Waals surface area contributed by atoms with Crippen LogP contribution in [0.1, 0.15) is 32.2 Å². The molecule has 4 aromatic rings. The molecule has 3 heterocycles. The Bertz CT molecular complexity index is 1260. The Hall–Kier alpha value is -2.97. The van der Waals surface area contributed by atoms with Crippen molar-refractivity contribution in [1.82, 2.24) is 4.98 Å². The lowest BCUT2D eigenvalue weighted by Crippen LogP contribution is -2.12. The Kier molecular flexibility index (Phi) is 4.97. The van der Waals surface area contributed by atoms with Gasteiger partial charge in [-0.15, -0.1) is 11.3 Å². The van der Waals surface area contributed by atoms with E-state index < -0.39 is 11.9 Å². The molecular formula is C21H15BrN2O4S. The Morgan fingerprint density at radius 2 is 1.90 bits per heavy atom. The van der Waals surface area contributed by atoms with Crippen molar-refractivity contribution in [3.63, 3.8) is 0 Å². The van der Waals surface area contributed by atoms with E-state index in [1.807, 2.05) is 44.2 Å². The van der Waals surface area contributed by atoms with Gasteiger partial charge in [0.2, 0.25) is 5.71 Å². The van der Waals surface area contributed by atoms with Crippen LogP contribution in [0.2, 0.25) is 0 Å². The predicted octanol–water partition coefficient (Wildman–Crippen LogP) is 5.89. The number of amides is 1. The number of aromatic carboxylic acids is 1. The second kappa shape index (κ2) is 7.46. The number of pyridine rings is 1. The van der Waals surface area contributed by atoms with Gasteiger partial charge in [0.05, 0.1) is 0 Å². The van der Waals surface area contributed by atoms with E-state index in [2.05, 4.69) is 26.2 Å². The summed E-state index contributed by atoms with van der Waals surface area (Å²) in [5.74, 6) is -1.56. The number of carboxylic acids is 1. The van der Waals surface area contributed by atoms with E-state index in [0.717, 1.165) is 38.0 Å². The lowest BCUT2D eigenvalue weighted by atomic mass is 10.0. The number of nitrogens with zero attached hydrogens (tertiary/aromatic N) is 1. The molecule has 4 rings (SSSR count). The molecule has 0 aliphatic rings. The van der Waals surface area contributed by atoms with E-state index in [9.17, 15) is 14.7 Å². The number of halogens is 1. The number of thiophene rings is 1. The Morgan fingerprint density at radius 3 is 2.59 bits per heavy atom. The molecule has 2 N–H and O–H groups in total. The second-order valence-corrected chi connectivity index (χ2v) is 8.33. The van der Waals surface area contributed by atoms with E-state index in [1.165, 1.54) is 0 Å². The average Bonchev–Trinajstić information content (AvgIpc) is 3.27. The molecule has 0 saturated carbocycles. The summed E-state index contributed by atoms with van der Waals surface area (Å²) in [6.07, 6.45) is 0. The number of fused-ring (bicyclic) bond motifs is 1. The summed E-state index contributed by atoms with van der Waals surface area (Å²) in [4.78, 5) is 28.9. The van der Waals surface area contributed by atoms with Gasteiger partial charge >= 0.3 is 5.97 Å². The van der Waals surface area contributed by atoms with Crippen LogP contribution in [0.15, 0.2) is 50.7 Å². The van der Waals surface area contributed by atoms with Crippen LogP contribution in [0.4, 0.5) is 5.00 Å². The summed E-state index contributed by atoms with van der Waals surface area (Å²) >= 11 is 4.52. The highest BCUT2D eigenvalue weighted by molar-refractivity contribution is 9.10. The topological polar surface area (TPSA) is 92.4 Å². The van der Waals surface area contributed by atoms with Gasteiger partial charge < -0.3 is 14.8 Å². The Morgan fingerprint density at radius 1 is 1.17 bits per heavy atom. The van der Waals surface area contributed by atoms with Gasteiger partial charge in [-0.3, -0.25) is 4.79 Å². The van der Waals surface area contributed by atoms with Crippen molar-refractivity contribution in [2.75, 3.05) is 5.32 Å². The third-order valence-electron chi connectivity index (χ3n) is 4.45. The van der Waals surface area contributed by atoms with Crippen molar-refractivity contribution in [3.8, 4) is 11.1 Å². The molecule has 0 unspecified atom stereocenters. The number of furan rings is 1. The number of aromatic nitrogens is 1. The molecule has 6 nitrogen and oxygen atoms in total. The highest BCUT2D eigenvalue weighted by Crippen LogP contribution is 2.36. The molecule has 0 bridgehead atoms. The molecule has 0 aliphatic heterocycles. The second-order valence-electron chi connectivity index (χ2n) is 6.53. The monoisotopic (exact) mass is 470 g/mol. The maximum Gasteiger partial charge on any atom is 0.339 e. The third-order valence-corrected chi connectivity index (χ3v) is 5.88. The fraction of sp³-hybridized carbons (Fsp3) is 0.0952. The first-order chi connectivity index (χ1) is 13.8. The molecule has 0 aliphatic carbocycles. The third kappa shape index (κ3) is 3.68. The first-order valence-corrected chi connectivity index (χ1v) is 10.3. The Balaban J connectivity index is 1.69. The summed E-state index contributed by atoms with van der Waals surface area (Å²) in [7, 11) is 0. The smallest absolute Gasteiger partial charge is 0.339 e. The van der Waals surface area contributed by atoms with Crippen molar-refractivity contribution in [1.29, 1.82) is 0 Å². The molecule has 1 amide bonds. The predicted molar refractivity (Wildman–Crippen MR) is 116 cm³/mol. The number of anilines is 1. The number of hydrogen-bond donors (Lipinski definition) is 2. The van der Waals surface area contributed by atoms with Crippen LogP contribution in [-0.4, -0.2) is 22.0 Å². The zero-order valence-electron chi connectivity index (χ0n) is 15.4. The van der Waals surface area contributed by atoms with Gasteiger partial charge in [0.15, 0.2) is 5.76 Å². The molecule has 0 radical (unpaired) electrons. The molecule has 8 heteroatoms. The highest BCUT2D eigenvalue weighted by atomic mass is 79.9. The minimum atomic E-state index is -1.11. The minimum absolute atomic E-state index is 0.0481. The number of rotatable bonds is 4. The van der Waals surface area contributed by atoms with Crippen molar-refractivity contribution in [2.45, 2.75) is 13.8 Å². The molecule has 0 spiro atoms. The van der Waals surface area contributed by atoms with Crippen molar-refractivity contribution in [3.05, 3.63) is 68.8 Å². The van der Waals surface area contributed by atoms with Gasteiger partial charge in [-0.1, -0.05) is 28.1 Å². The molecular weight excluding hydrogens is 456 g/mol. The van der Waals surface area contributed by atoms with Crippen molar-refractivity contribution >= 4 is 55.2 Å².